The van der Waals surface area contributed by atoms with Crippen LogP contribution < -0.4 is 21.3 Å². The summed E-state index contributed by atoms with van der Waals surface area (Å²) in [7, 11) is 1.65. The lowest BCUT2D eigenvalue weighted by Gasteiger charge is -2.25. The van der Waals surface area contributed by atoms with E-state index in [0.29, 0.717) is 13.0 Å². The number of carbonyl (C=O) groups is 5. The van der Waals surface area contributed by atoms with Gasteiger partial charge in [0.1, 0.15) is 6.04 Å². The molecule has 2 atom stereocenters. The van der Waals surface area contributed by atoms with Crippen LogP contribution in [0.15, 0.2) is 12.7 Å². The maximum atomic E-state index is 12.4. The minimum absolute atomic E-state index is 0.0550. The Morgan fingerprint density at radius 3 is 2.05 bits per heavy atom. The summed E-state index contributed by atoms with van der Waals surface area (Å²) in [6.07, 6.45) is 16.2. The molecule has 0 radical (unpaired) electrons. The average molecular weight is 608 g/mol. The smallest absolute Gasteiger partial charge is 0.314 e. The van der Waals surface area contributed by atoms with Crippen LogP contribution in [0.1, 0.15) is 113 Å². The van der Waals surface area contributed by atoms with Gasteiger partial charge in [0, 0.05) is 40.0 Å². The van der Waals surface area contributed by atoms with Crippen LogP contribution in [0.5, 0.6) is 0 Å². The van der Waals surface area contributed by atoms with Gasteiger partial charge in [-0.05, 0) is 38.0 Å². The zero-order chi connectivity index (χ0) is 33.6. The van der Waals surface area contributed by atoms with Crippen molar-refractivity contribution in [3.63, 3.8) is 0 Å². The fourth-order valence-corrected chi connectivity index (χ4v) is 4.31. The number of carbonyl (C=O) groups excluding carboxylic acids is 5. The van der Waals surface area contributed by atoms with Gasteiger partial charge in [0.25, 0.3) is 5.91 Å². The third kappa shape index (κ3) is 21.1. The highest BCUT2D eigenvalue weighted by atomic mass is 16.2. The monoisotopic (exact) mass is 607 g/mol. The summed E-state index contributed by atoms with van der Waals surface area (Å²) >= 11 is 0. The molecule has 43 heavy (non-hydrogen) atoms. The van der Waals surface area contributed by atoms with Gasteiger partial charge in [-0.3, -0.25) is 19.2 Å². The molecule has 4 N–H and O–H groups in total. The van der Waals surface area contributed by atoms with Crippen LogP contribution in [0.2, 0.25) is 0 Å². The first-order chi connectivity index (χ1) is 20.7. The maximum Gasteiger partial charge on any atom is 0.314 e. The number of urea groups is 1. The van der Waals surface area contributed by atoms with Crippen LogP contribution in [0.4, 0.5) is 4.79 Å². The van der Waals surface area contributed by atoms with E-state index in [4.69, 9.17) is 6.42 Å². The van der Waals surface area contributed by atoms with E-state index in [1.54, 1.807) is 7.05 Å². The second-order valence-corrected chi connectivity index (χ2v) is 9.71. The molecule has 1 saturated heterocycles. The molecule has 1 aliphatic heterocycles. The lowest BCUT2D eigenvalue weighted by molar-refractivity contribution is -0.141. The molecule has 0 aromatic rings. The molecular formula is C33H61N5O5. The van der Waals surface area contributed by atoms with Crippen molar-refractivity contribution in [2.24, 2.45) is 5.92 Å². The Kier molecular flexibility index (Phi) is 30.9. The summed E-state index contributed by atoms with van der Waals surface area (Å²) < 4.78 is 0. The summed E-state index contributed by atoms with van der Waals surface area (Å²) in [5.41, 5.74) is 0. The minimum atomic E-state index is -1.01. The van der Waals surface area contributed by atoms with Gasteiger partial charge in [-0.25, -0.2) is 4.79 Å². The highest BCUT2D eigenvalue weighted by molar-refractivity contribution is 6.38. The van der Waals surface area contributed by atoms with Crippen molar-refractivity contribution in [2.45, 2.75) is 125 Å². The second kappa shape index (κ2) is 30.1. The molecule has 248 valence electrons. The van der Waals surface area contributed by atoms with Gasteiger partial charge in [0.15, 0.2) is 0 Å². The SMILES string of the molecule is C#CCCC(NC(=O)C1CCCN1C(C)=O)C(=O)C(=O)NCC=C.CC.CC.CCC.CNC(=O)NCC1CCCCC1. The van der Waals surface area contributed by atoms with Crippen LogP contribution in [0.3, 0.4) is 0 Å². The molecule has 0 aromatic heterocycles. The van der Waals surface area contributed by atoms with Gasteiger partial charge in [-0.1, -0.05) is 73.3 Å². The quantitative estimate of drug-likeness (QED) is 0.162. The Morgan fingerprint density at radius 2 is 1.56 bits per heavy atom. The predicted molar refractivity (Wildman–Crippen MR) is 176 cm³/mol. The highest BCUT2D eigenvalue weighted by Gasteiger charge is 2.35. The Morgan fingerprint density at radius 1 is 0.977 bits per heavy atom. The fourth-order valence-electron chi connectivity index (χ4n) is 4.31. The summed E-state index contributed by atoms with van der Waals surface area (Å²) in [6.45, 7) is 18.6. The first kappa shape index (κ1) is 44.1. The van der Waals surface area contributed by atoms with E-state index in [1.165, 1.54) is 56.4 Å². The normalized spacial score (nSPS) is 15.7. The zero-order valence-electron chi connectivity index (χ0n) is 28.3. The lowest BCUT2D eigenvalue weighted by Crippen LogP contribution is -2.53. The maximum absolute atomic E-state index is 12.4. The second-order valence-electron chi connectivity index (χ2n) is 9.71. The molecule has 1 saturated carbocycles. The molecule has 5 amide bonds. The van der Waals surface area contributed by atoms with Crippen molar-refractivity contribution in [3.8, 4) is 12.3 Å². The van der Waals surface area contributed by atoms with Gasteiger partial charge in [0.05, 0.1) is 6.04 Å². The van der Waals surface area contributed by atoms with Crippen LogP contribution >= 0.6 is 0 Å². The number of hydrogen-bond acceptors (Lipinski definition) is 5. The van der Waals surface area contributed by atoms with Gasteiger partial charge in [-0.15, -0.1) is 18.9 Å². The number of nitrogens with one attached hydrogen (secondary N) is 4. The molecule has 2 rings (SSSR count). The Labute approximate surface area is 262 Å². The molecule has 10 heteroatoms. The van der Waals surface area contributed by atoms with E-state index in [1.807, 2.05) is 27.7 Å². The van der Waals surface area contributed by atoms with Crippen LogP contribution in [0, 0.1) is 18.3 Å². The van der Waals surface area contributed by atoms with Gasteiger partial charge < -0.3 is 26.2 Å². The number of likely N-dealkylation sites (tertiary alicyclic amines) is 1. The van der Waals surface area contributed by atoms with Crippen molar-refractivity contribution in [1.29, 1.82) is 0 Å². The summed E-state index contributed by atoms with van der Waals surface area (Å²) in [6, 6.07) is -1.67. The first-order valence-corrected chi connectivity index (χ1v) is 16.1. The Bertz CT molecular complexity index is 834. The van der Waals surface area contributed by atoms with E-state index in [-0.39, 0.29) is 31.3 Å². The molecule has 0 spiro atoms. The Balaban J connectivity index is -0.000000700. The number of nitrogens with zero attached hydrogens (tertiary/aromatic N) is 1. The lowest BCUT2D eigenvalue weighted by atomic mass is 9.89. The average Bonchev–Trinajstić information content (AvgIpc) is 3.54. The van der Waals surface area contributed by atoms with Gasteiger partial charge in [0.2, 0.25) is 17.6 Å². The Hall–Kier alpha value is -3.35. The van der Waals surface area contributed by atoms with Crippen molar-refractivity contribution in [3.05, 3.63) is 12.7 Å². The number of terminal acetylenes is 1. The molecule has 0 aromatic carbocycles. The molecule has 2 unspecified atom stereocenters. The largest absolute Gasteiger partial charge is 0.346 e. The van der Waals surface area contributed by atoms with Gasteiger partial charge in [-0.2, -0.15) is 0 Å². The predicted octanol–water partition coefficient (Wildman–Crippen LogP) is 4.73. The molecule has 2 fully saturated rings. The molecule has 1 aliphatic carbocycles. The highest BCUT2D eigenvalue weighted by Crippen LogP contribution is 2.22. The summed E-state index contributed by atoms with van der Waals surface area (Å²) in [5, 5.41) is 10.4. The third-order valence-electron chi connectivity index (χ3n) is 6.30. The summed E-state index contributed by atoms with van der Waals surface area (Å²) in [4.78, 5) is 60.3. The van der Waals surface area contributed by atoms with Crippen molar-refractivity contribution >= 4 is 29.5 Å². The van der Waals surface area contributed by atoms with Crippen LogP contribution in [0.25, 0.3) is 0 Å². The summed E-state index contributed by atoms with van der Waals surface area (Å²) in [5.74, 6) is 0.925. The van der Waals surface area contributed by atoms with E-state index >= 15 is 0 Å². The number of hydrogen-bond donors (Lipinski definition) is 4. The molecule has 2 aliphatic rings. The van der Waals surface area contributed by atoms with Crippen molar-refractivity contribution < 1.29 is 24.0 Å². The van der Waals surface area contributed by atoms with Crippen LogP contribution in [-0.2, 0) is 19.2 Å². The van der Waals surface area contributed by atoms with E-state index in [2.05, 4.69) is 47.6 Å². The minimum Gasteiger partial charge on any atom is -0.346 e. The number of Topliss-reactive ketones (excluding diaryl/α,β-unsaturated/α-hetero) is 1. The van der Waals surface area contributed by atoms with Crippen molar-refractivity contribution in [1.82, 2.24) is 26.2 Å². The van der Waals surface area contributed by atoms with E-state index in [0.717, 1.165) is 18.9 Å². The molecule has 0 bridgehead atoms. The van der Waals surface area contributed by atoms with Gasteiger partial charge >= 0.3 is 6.03 Å². The standard InChI is InChI=1S/C17H23N3O4.C9H18N2O.C3H8.2C2H6/c1-4-6-8-13(15(22)17(24)18-10-5-2)19-16(23)14-9-7-11-20(14)12(3)21;1-10-9(12)11-7-8-5-3-2-4-6-8;1-3-2;2*1-2/h1,5,13-14H,2,6-11H2,3H3,(H,18,24)(H,19,23);8H,2-7H2,1H3,(H2,10,11,12);3H2,1-2H3;2*1-2H3. The number of ketones is 1. The number of amides is 5. The van der Waals surface area contributed by atoms with E-state index in [9.17, 15) is 24.0 Å². The molecular weight excluding hydrogens is 546 g/mol. The third-order valence-corrected chi connectivity index (χ3v) is 6.30. The van der Waals surface area contributed by atoms with Crippen LogP contribution in [-0.4, -0.2) is 73.2 Å². The first-order valence-electron chi connectivity index (χ1n) is 16.1. The van der Waals surface area contributed by atoms with Crippen molar-refractivity contribution in [2.75, 3.05) is 26.7 Å². The topological polar surface area (TPSA) is 137 Å². The van der Waals surface area contributed by atoms with E-state index < -0.39 is 29.7 Å². The fraction of sp³-hybridized carbons (Fsp3) is 0.727. The zero-order valence-corrected chi connectivity index (χ0v) is 28.3. The molecule has 1 heterocycles. The molecule has 10 nitrogen and oxygen atoms in total. The number of rotatable bonds is 10.